The van der Waals surface area contributed by atoms with Crippen LogP contribution in [-0.2, 0) is 11.3 Å². The second kappa shape index (κ2) is 10.3. The van der Waals surface area contributed by atoms with Crippen molar-refractivity contribution in [3.8, 4) is 5.75 Å². The van der Waals surface area contributed by atoms with E-state index in [1.807, 2.05) is 24.3 Å². The minimum atomic E-state index is -0.149. The van der Waals surface area contributed by atoms with Gasteiger partial charge in [-0.15, -0.1) is 24.0 Å². The number of nitrogens with two attached hydrogens (primary N) is 1. The van der Waals surface area contributed by atoms with Crippen LogP contribution in [0.3, 0.4) is 0 Å². The molecule has 23 heavy (non-hydrogen) atoms. The van der Waals surface area contributed by atoms with Crippen LogP contribution in [0.15, 0.2) is 29.3 Å². The van der Waals surface area contributed by atoms with E-state index < -0.39 is 0 Å². The van der Waals surface area contributed by atoms with E-state index in [-0.39, 0.29) is 36.4 Å². The number of guanidine groups is 1. The Balaban J connectivity index is 0.00000264. The molecule has 2 rings (SSSR count). The smallest absolute Gasteiger partial charge is 0.242 e. The molecule has 1 aromatic rings. The first-order chi connectivity index (χ1) is 10.7. The number of carbonyl (C=O) groups excluding carboxylic acids is 1. The molecule has 0 aliphatic heterocycles. The number of nitrogens with zero attached hydrogens (tertiary/aromatic N) is 1. The van der Waals surface area contributed by atoms with Gasteiger partial charge < -0.3 is 21.1 Å². The molecule has 0 unspecified atom stereocenters. The summed E-state index contributed by atoms with van der Waals surface area (Å²) in [5, 5.41) is 5.87. The summed E-state index contributed by atoms with van der Waals surface area (Å²) >= 11 is 0. The van der Waals surface area contributed by atoms with E-state index >= 15 is 0 Å². The van der Waals surface area contributed by atoms with Gasteiger partial charge in [-0.2, -0.15) is 0 Å². The Bertz CT molecular complexity index is 515. The Morgan fingerprint density at radius 2 is 2.00 bits per heavy atom. The summed E-state index contributed by atoms with van der Waals surface area (Å²) in [6.07, 6.45) is 3.81. The molecule has 1 aliphatic carbocycles. The normalized spacial score (nSPS) is 14.4. The molecule has 1 fully saturated rings. The van der Waals surface area contributed by atoms with Crippen LogP contribution in [-0.4, -0.2) is 32.1 Å². The Hall–Kier alpha value is -1.51. The molecule has 1 aliphatic rings. The number of methoxy groups -OCH3 is 1. The number of carbonyl (C=O) groups is 1. The van der Waals surface area contributed by atoms with Crippen LogP contribution in [0.25, 0.3) is 0 Å². The van der Waals surface area contributed by atoms with Gasteiger partial charge in [0.05, 0.1) is 7.11 Å². The van der Waals surface area contributed by atoms with Crippen LogP contribution in [0.1, 0.15) is 24.8 Å². The highest BCUT2D eigenvalue weighted by Gasteiger charge is 2.16. The van der Waals surface area contributed by atoms with Gasteiger partial charge >= 0.3 is 0 Å². The average molecular weight is 432 g/mol. The lowest BCUT2D eigenvalue weighted by Crippen LogP contribution is -2.38. The molecule has 0 heterocycles. The van der Waals surface area contributed by atoms with Crippen LogP contribution >= 0.6 is 24.0 Å². The minimum Gasteiger partial charge on any atom is -0.497 e. The molecule has 0 spiro atoms. The lowest BCUT2D eigenvalue weighted by Gasteiger charge is -2.25. The zero-order chi connectivity index (χ0) is 15.8. The predicted octanol–water partition coefficient (Wildman–Crippen LogP) is 1.63. The number of halogens is 1. The lowest BCUT2D eigenvalue weighted by molar-refractivity contribution is -0.119. The maximum Gasteiger partial charge on any atom is 0.242 e. The molecule has 1 saturated carbocycles. The Kier molecular flexibility index (Phi) is 8.75. The quantitative estimate of drug-likeness (QED) is 0.347. The number of benzene rings is 1. The third kappa shape index (κ3) is 7.06. The first kappa shape index (κ1) is 19.5. The molecule has 1 amide bonds. The van der Waals surface area contributed by atoms with Gasteiger partial charge in [0.2, 0.25) is 5.91 Å². The van der Waals surface area contributed by atoms with Crippen molar-refractivity contribution in [3.05, 3.63) is 29.8 Å². The number of rotatable bonds is 7. The summed E-state index contributed by atoms with van der Waals surface area (Å²) in [4.78, 5) is 15.8. The molecule has 128 valence electrons. The van der Waals surface area contributed by atoms with Crippen LogP contribution < -0.4 is 21.1 Å². The van der Waals surface area contributed by atoms with Crippen molar-refractivity contribution in [2.24, 2.45) is 16.6 Å². The number of hydrogen-bond donors (Lipinski definition) is 3. The lowest BCUT2D eigenvalue weighted by atomic mass is 9.85. The zero-order valence-electron chi connectivity index (χ0n) is 13.4. The van der Waals surface area contributed by atoms with E-state index in [0.29, 0.717) is 18.4 Å². The minimum absolute atomic E-state index is 0. The van der Waals surface area contributed by atoms with Crippen LogP contribution in [0.4, 0.5) is 0 Å². The van der Waals surface area contributed by atoms with E-state index in [1.165, 1.54) is 19.3 Å². The fraction of sp³-hybridized carbons (Fsp3) is 0.500. The van der Waals surface area contributed by atoms with Gasteiger partial charge in [-0.3, -0.25) is 4.79 Å². The number of nitrogens with one attached hydrogen (secondary N) is 2. The molecule has 0 aromatic heterocycles. The maximum atomic E-state index is 11.7. The van der Waals surface area contributed by atoms with Crippen LogP contribution in [0, 0.1) is 5.92 Å². The van der Waals surface area contributed by atoms with Crippen molar-refractivity contribution < 1.29 is 9.53 Å². The summed E-state index contributed by atoms with van der Waals surface area (Å²) < 4.78 is 5.09. The third-order valence-electron chi connectivity index (χ3n) is 3.84. The summed E-state index contributed by atoms with van der Waals surface area (Å²) in [6.45, 7) is 1.36. The van der Waals surface area contributed by atoms with E-state index in [4.69, 9.17) is 10.5 Å². The van der Waals surface area contributed by atoms with E-state index in [1.54, 1.807) is 7.11 Å². The monoisotopic (exact) mass is 432 g/mol. The largest absolute Gasteiger partial charge is 0.497 e. The standard InChI is InChI=1S/C16H24N4O2.HI/c1-22-14-7-5-13(6-8-14)9-18-15(21)11-20-16(17)19-10-12-3-2-4-12;/h5-8,12H,2-4,9-11H2,1H3,(H,18,21)(H3,17,19,20);1H. The van der Waals surface area contributed by atoms with Crippen molar-refractivity contribution in [3.63, 3.8) is 0 Å². The van der Waals surface area contributed by atoms with E-state index in [2.05, 4.69) is 15.6 Å². The molecule has 4 N–H and O–H groups in total. The molecule has 0 bridgehead atoms. The summed E-state index contributed by atoms with van der Waals surface area (Å²) in [5.41, 5.74) is 6.74. The van der Waals surface area contributed by atoms with Gasteiger partial charge in [-0.1, -0.05) is 18.6 Å². The second-order valence-electron chi connectivity index (χ2n) is 5.50. The van der Waals surface area contributed by atoms with Gasteiger partial charge in [0.15, 0.2) is 5.96 Å². The fourth-order valence-electron chi connectivity index (χ4n) is 2.16. The van der Waals surface area contributed by atoms with Crippen molar-refractivity contribution in [1.29, 1.82) is 0 Å². The van der Waals surface area contributed by atoms with Gasteiger partial charge in [0.1, 0.15) is 12.3 Å². The van der Waals surface area contributed by atoms with Crippen molar-refractivity contribution in [2.45, 2.75) is 25.8 Å². The molecular formula is C16H25IN4O2. The summed E-state index contributed by atoms with van der Waals surface area (Å²) in [6, 6.07) is 7.55. The molecular weight excluding hydrogens is 407 g/mol. The molecule has 0 radical (unpaired) electrons. The third-order valence-corrected chi connectivity index (χ3v) is 3.84. The first-order valence-electron chi connectivity index (χ1n) is 7.61. The van der Waals surface area contributed by atoms with E-state index in [0.717, 1.165) is 17.9 Å². The highest BCUT2D eigenvalue weighted by atomic mass is 127. The van der Waals surface area contributed by atoms with Crippen LogP contribution in [0.5, 0.6) is 5.75 Å². The van der Waals surface area contributed by atoms with E-state index in [9.17, 15) is 4.79 Å². The van der Waals surface area contributed by atoms with Gasteiger partial charge in [0.25, 0.3) is 0 Å². The van der Waals surface area contributed by atoms with Gasteiger partial charge in [0, 0.05) is 13.1 Å². The molecule has 0 atom stereocenters. The average Bonchev–Trinajstić information content (AvgIpc) is 2.50. The molecule has 1 aromatic carbocycles. The maximum absolute atomic E-state index is 11.7. The number of hydrogen-bond acceptors (Lipinski definition) is 3. The predicted molar refractivity (Wildman–Crippen MR) is 102 cm³/mol. The van der Waals surface area contributed by atoms with Crippen LogP contribution in [0.2, 0.25) is 0 Å². The Labute approximate surface area is 154 Å². The molecule has 6 nitrogen and oxygen atoms in total. The van der Waals surface area contributed by atoms with Crippen molar-refractivity contribution >= 4 is 35.8 Å². The Morgan fingerprint density at radius 1 is 1.30 bits per heavy atom. The highest BCUT2D eigenvalue weighted by molar-refractivity contribution is 14.0. The fourth-order valence-corrected chi connectivity index (χ4v) is 2.16. The van der Waals surface area contributed by atoms with Gasteiger partial charge in [-0.05, 0) is 36.5 Å². The SMILES string of the molecule is COc1ccc(CNC(=O)CN=C(N)NCC2CCC2)cc1.I. The number of aliphatic imine (C=N–C) groups is 1. The summed E-state index contributed by atoms with van der Waals surface area (Å²) in [7, 11) is 1.62. The molecule has 7 heteroatoms. The van der Waals surface area contributed by atoms with Crippen molar-refractivity contribution in [2.75, 3.05) is 20.2 Å². The first-order valence-corrected chi connectivity index (χ1v) is 7.61. The topological polar surface area (TPSA) is 88.7 Å². The molecule has 0 saturated heterocycles. The summed E-state index contributed by atoms with van der Waals surface area (Å²) in [5.74, 6) is 1.69. The highest BCUT2D eigenvalue weighted by Crippen LogP contribution is 2.24. The Morgan fingerprint density at radius 3 is 2.57 bits per heavy atom. The van der Waals surface area contributed by atoms with Gasteiger partial charge in [-0.25, -0.2) is 4.99 Å². The number of amides is 1. The second-order valence-corrected chi connectivity index (χ2v) is 5.50. The number of ether oxygens (including phenoxy) is 1. The van der Waals surface area contributed by atoms with Crippen molar-refractivity contribution in [1.82, 2.24) is 10.6 Å². The zero-order valence-corrected chi connectivity index (χ0v) is 15.7.